The van der Waals surface area contributed by atoms with Crippen molar-refractivity contribution in [1.82, 2.24) is 9.97 Å². The van der Waals surface area contributed by atoms with Gasteiger partial charge >= 0.3 is 5.82 Å². The summed E-state index contributed by atoms with van der Waals surface area (Å²) in [6, 6.07) is 0. The first kappa shape index (κ1) is 7.45. The molecule has 10 heavy (non-hydrogen) atoms. The van der Waals surface area contributed by atoms with E-state index < -0.39 is 4.92 Å². The number of nitrogens with one attached hydrogen (secondary N) is 1. The Labute approximate surface area is 70.1 Å². The lowest BCUT2D eigenvalue weighted by Crippen LogP contribution is -1.87. The fourth-order valence-corrected chi connectivity index (χ4v) is 0.900. The van der Waals surface area contributed by atoms with Crippen LogP contribution < -0.4 is 0 Å². The van der Waals surface area contributed by atoms with E-state index in [9.17, 15) is 10.1 Å². The molecule has 0 atom stereocenters. The molecule has 0 radical (unpaired) electrons. The number of alkyl halides is 1. The molecule has 6 heteroatoms. The third-order valence-corrected chi connectivity index (χ3v) is 1.66. The van der Waals surface area contributed by atoms with Crippen molar-refractivity contribution in [3.05, 3.63) is 22.1 Å². The molecule has 1 aromatic rings. The molecule has 0 spiro atoms. The first-order chi connectivity index (χ1) is 4.74. The van der Waals surface area contributed by atoms with E-state index in [0.717, 1.165) is 0 Å². The number of imidazole rings is 1. The van der Waals surface area contributed by atoms with Crippen molar-refractivity contribution in [3.8, 4) is 0 Å². The van der Waals surface area contributed by atoms with Crippen LogP contribution in [0.25, 0.3) is 0 Å². The van der Waals surface area contributed by atoms with E-state index in [0.29, 0.717) is 10.3 Å². The van der Waals surface area contributed by atoms with Crippen LogP contribution in [0.15, 0.2) is 6.20 Å². The zero-order valence-electron chi connectivity index (χ0n) is 4.87. The van der Waals surface area contributed by atoms with Crippen LogP contribution in [0.5, 0.6) is 0 Å². The highest BCUT2D eigenvalue weighted by Gasteiger charge is 2.07. The minimum absolute atomic E-state index is 0.0494. The SMILES string of the molecule is O=[N+]([O-])c1cnc(CI)[nH]1. The van der Waals surface area contributed by atoms with Crippen LogP contribution in [0.1, 0.15) is 5.82 Å². The Morgan fingerprint density at radius 2 is 2.60 bits per heavy atom. The Hall–Kier alpha value is -0.660. The fourth-order valence-electron chi connectivity index (χ4n) is 0.512. The average molecular weight is 253 g/mol. The van der Waals surface area contributed by atoms with E-state index in [1.54, 1.807) is 0 Å². The number of hydrogen-bond donors (Lipinski definition) is 1. The van der Waals surface area contributed by atoms with E-state index in [1.807, 2.05) is 0 Å². The molecule has 1 heterocycles. The molecule has 0 bridgehead atoms. The number of aromatic nitrogens is 2. The van der Waals surface area contributed by atoms with Crippen LogP contribution in [0.2, 0.25) is 0 Å². The second kappa shape index (κ2) is 2.95. The highest BCUT2D eigenvalue weighted by molar-refractivity contribution is 14.1. The van der Waals surface area contributed by atoms with Crippen LogP contribution in [-0.4, -0.2) is 14.9 Å². The molecule has 0 fully saturated rings. The molecule has 1 rings (SSSR count). The number of aromatic amines is 1. The number of nitro groups is 1. The Kier molecular flexibility index (Phi) is 2.20. The lowest BCUT2D eigenvalue weighted by molar-refractivity contribution is -0.389. The van der Waals surface area contributed by atoms with E-state index in [1.165, 1.54) is 6.20 Å². The van der Waals surface area contributed by atoms with Gasteiger partial charge in [0.25, 0.3) is 0 Å². The van der Waals surface area contributed by atoms with Crippen LogP contribution in [-0.2, 0) is 4.43 Å². The van der Waals surface area contributed by atoms with Gasteiger partial charge in [0.05, 0.1) is 4.43 Å². The highest BCUT2D eigenvalue weighted by Crippen LogP contribution is 2.07. The summed E-state index contributed by atoms with van der Waals surface area (Å²) < 4.78 is 0.658. The third kappa shape index (κ3) is 1.43. The van der Waals surface area contributed by atoms with Crippen molar-refractivity contribution in [1.29, 1.82) is 0 Å². The lowest BCUT2D eigenvalue weighted by atomic mass is 10.7. The Morgan fingerprint density at radius 1 is 1.90 bits per heavy atom. The Bertz CT molecular complexity index is 246. The molecule has 1 aromatic heterocycles. The van der Waals surface area contributed by atoms with Gasteiger partial charge in [-0.05, 0) is 4.92 Å². The fraction of sp³-hybridized carbons (Fsp3) is 0.250. The topological polar surface area (TPSA) is 71.8 Å². The van der Waals surface area contributed by atoms with Crippen LogP contribution in [0.4, 0.5) is 5.82 Å². The van der Waals surface area contributed by atoms with Crippen LogP contribution in [0.3, 0.4) is 0 Å². The van der Waals surface area contributed by atoms with Crippen molar-refractivity contribution in [2.75, 3.05) is 0 Å². The van der Waals surface area contributed by atoms with Gasteiger partial charge in [0.15, 0.2) is 0 Å². The summed E-state index contributed by atoms with van der Waals surface area (Å²) in [4.78, 5) is 15.9. The van der Waals surface area contributed by atoms with Gasteiger partial charge in [-0.1, -0.05) is 22.6 Å². The van der Waals surface area contributed by atoms with Gasteiger partial charge in [-0.15, -0.1) is 0 Å². The minimum Gasteiger partial charge on any atom is -0.358 e. The van der Waals surface area contributed by atoms with E-state index in [-0.39, 0.29) is 5.82 Å². The molecule has 5 nitrogen and oxygen atoms in total. The summed E-state index contributed by atoms with van der Waals surface area (Å²) in [7, 11) is 0. The number of H-pyrrole nitrogens is 1. The maximum atomic E-state index is 10.1. The van der Waals surface area contributed by atoms with Gasteiger partial charge in [-0.2, -0.15) is 0 Å². The predicted octanol–water partition coefficient (Wildman–Crippen LogP) is 1.25. The van der Waals surface area contributed by atoms with Crippen molar-refractivity contribution < 1.29 is 4.92 Å². The summed E-state index contributed by atoms with van der Waals surface area (Å²) >= 11 is 2.07. The predicted molar refractivity (Wildman–Crippen MR) is 43.0 cm³/mol. The van der Waals surface area contributed by atoms with Crippen molar-refractivity contribution in [3.63, 3.8) is 0 Å². The quantitative estimate of drug-likeness (QED) is 0.373. The molecule has 0 amide bonds. The zero-order valence-corrected chi connectivity index (χ0v) is 7.03. The van der Waals surface area contributed by atoms with Gasteiger partial charge in [0.2, 0.25) is 5.82 Å². The molecule has 0 aliphatic heterocycles. The summed E-state index contributed by atoms with van der Waals surface area (Å²) in [5.74, 6) is 0.582. The summed E-state index contributed by atoms with van der Waals surface area (Å²) in [6.45, 7) is 0. The van der Waals surface area contributed by atoms with Crippen molar-refractivity contribution in [2.45, 2.75) is 4.43 Å². The Balaban J connectivity index is 2.88. The monoisotopic (exact) mass is 253 g/mol. The molecule has 0 aliphatic rings. The third-order valence-electron chi connectivity index (χ3n) is 0.938. The molecular weight excluding hydrogens is 249 g/mol. The first-order valence-electron chi connectivity index (χ1n) is 2.48. The van der Waals surface area contributed by atoms with E-state index >= 15 is 0 Å². The number of nitrogens with zero attached hydrogens (tertiary/aromatic N) is 2. The summed E-state index contributed by atoms with van der Waals surface area (Å²) in [6.07, 6.45) is 1.22. The number of halogens is 1. The molecule has 0 saturated carbocycles. The second-order valence-corrected chi connectivity index (χ2v) is 2.37. The second-order valence-electron chi connectivity index (χ2n) is 1.61. The molecule has 0 saturated heterocycles. The standard InChI is InChI=1S/C4H4IN3O2/c5-1-3-6-2-4(7-3)8(9)10/h2H,1H2,(H,6,7). The molecule has 1 N–H and O–H groups in total. The van der Waals surface area contributed by atoms with Gasteiger partial charge < -0.3 is 10.1 Å². The normalized spacial score (nSPS) is 9.70. The summed E-state index contributed by atoms with van der Waals surface area (Å²) in [5, 5.41) is 10.1. The van der Waals surface area contributed by atoms with Gasteiger partial charge in [-0.25, -0.2) is 9.97 Å². The lowest BCUT2D eigenvalue weighted by Gasteiger charge is -1.84. The summed E-state index contributed by atoms with van der Waals surface area (Å²) in [5.41, 5.74) is 0. The zero-order chi connectivity index (χ0) is 7.56. The molecule has 0 aromatic carbocycles. The molecule has 0 aliphatic carbocycles. The minimum atomic E-state index is -0.497. The number of rotatable bonds is 2. The average Bonchev–Trinajstić information content (AvgIpc) is 2.34. The smallest absolute Gasteiger partial charge is 0.340 e. The first-order valence-corrected chi connectivity index (χ1v) is 4.01. The van der Waals surface area contributed by atoms with E-state index in [2.05, 4.69) is 32.6 Å². The maximum absolute atomic E-state index is 10.1. The van der Waals surface area contributed by atoms with Gasteiger partial charge in [0.1, 0.15) is 6.20 Å². The van der Waals surface area contributed by atoms with Gasteiger partial charge in [-0.3, -0.25) is 0 Å². The maximum Gasteiger partial charge on any atom is 0.340 e. The molecular formula is C4H4IN3O2. The van der Waals surface area contributed by atoms with Gasteiger partial charge in [0, 0.05) is 0 Å². The molecule has 54 valence electrons. The molecule has 0 unspecified atom stereocenters. The van der Waals surface area contributed by atoms with Crippen molar-refractivity contribution >= 4 is 28.4 Å². The number of hydrogen-bond acceptors (Lipinski definition) is 3. The largest absolute Gasteiger partial charge is 0.358 e. The van der Waals surface area contributed by atoms with E-state index in [4.69, 9.17) is 0 Å². The van der Waals surface area contributed by atoms with Crippen molar-refractivity contribution in [2.24, 2.45) is 0 Å². The highest BCUT2D eigenvalue weighted by atomic mass is 127. The van der Waals surface area contributed by atoms with Crippen LogP contribution >= 0.6 is 22.6 Å². The Morgan fingerprint density at radius 3 is 2.90 bits per heavy atom. The van der Waals surface area contributed by atoms with Crippen LogP contribution in [0, 0.1) is 10.1 Å².